The molecule has 0 aromatic rings. The monoisotopic (exact) mass is 283 g/mol. The Bertz CT molecular complexity index is 371. The van der Waals surface area contributed by atoms with Gasteiger partial charge in [-0.2, -0.15) is 0 Å². The molecule has 0 spiro atoms. The van der Waals surface area contributed by atoms with Crippen LogP contribution in [0.4, 0.5) is 4.79 Å². The van der Waals surface area contributed by atoms with Crippen LogP contribution >= 0.6 is 0 Å². The van der Waals surface area contributed by atoms with Crippen LogP contribution in [-0.4, -0.2) is 42.3 Å². The van der Waals surface area contributed by atoms with Gasteiger partial charge in [-0.3, -0.25) is 0 Å². The van der Waals surface area contributed by atoms with E-state index >= 15 is 0 Å². The minimum atomic E-state index is -0.485. The Morgan fingerprint density at radius 2 is 2.00 bits per heavy atom. The van der Waals surface area contributed by atoms with Gasteiger partial charge >= 0.3 is 12.1 Å². The molecule has 0 bridgehead atoms. The maximum absolute atomic E-state index is 12.2. The van der Waals surface area contributed by atoms with Crippen LogP contribution in [0.1, 0.15) is 46.5 Å². The third-order valence-corrected chi connectivity index (χ3v) is 3.12. The normalized spacial score (nSPS) is 20.0. The Labute approximate surface area is 120 Å². The van der Waals surface area contributed by atoms with Crippen molar-refractivity contribution in [3.63, 3.8) is 0 Å². The zero-order chi connectivity index (χ0) is 15.2. The lowest BCUT2D eigenvalue weighted by Gasteiger charge is -2.36. The minimum Gasteiger partial charge on any atom is -0.466 e. The fraction of sp³-hybridized carbons (Fsp3) is 0.733. The van der Waals surface area contributed by atoms with E-state index in [0.717, 1.165) is 19.3 Å². The number of rotatable bonds is 3. The highest BCUT2D eigenvalue weighted by molar-refractivity contribution is 5.81. The van der Waals surface area contributed by atoms with Crippen LogP contribution in [0.3, 0.4) is 0 Å². The Morgan fingerprint density at radius 1 is 1.30 bits per heavy atom. The first-order valence-corrected chi connectivity index (χ1v) is 7.07. The largest absolute Gasteiger partial charge is 0.466 e. The van der Waals surface area contributed by atoms with Crippen molar-refractivity contribution < 1.29 is 19.1 Å². The number of methoxy groups -OCH3 is 1. The summed E-state index contributed by atoms with van der Waals surface area (Å²) in [5, 5.41) is 0. The summed E-state index contributed by atoms with van der Waals surface area (Å²) in [5.74, 6) is -0.371. The van der Waals surface area contributed by atoms with E-state index in [4.69, 9.17) is 4.74 Å². The molecule has 0 radical (unpaired) electrons. The van der Waals surface area contributed by atoms with Crippen LogP contribution in [-0.2, 0) is 14.3 Å². The number of esters is 1. The molecule has 0 saturated carbocycles. The average molecular weight is 283 g/mol. The molecule has 1 rings (SSSR count). The highest BCUT2D eigenvalue weighted by Crippen LogP contribution is 2.22. The van der Waals surface area contributed by atoms with Crippen molar-refractivity contribution in [3.8, 4) is 0 Å². The molecular formula is C15H25NO4. The molecule has 0 N–H and O–H groups in total. The molecule has 1 aliphatic heterocycles. The minimum absolute atomic E-state index is 0.0968. The molecule has 5 nitrogen and oxygen atoms in total. The molecular weight excluding hydrogens is 258 g/mol. The van der Waals surface area contributed by atoms with Gasteiger partial charge in [-0.1, -0.05) is 6.08 Å². The van der Waals surface area contributed by atoms with Crippen molar-refractivity contribution in [2.45, 2.75) is 58.1 Å². The SMILES string of the molecule is COC(=O)/C=C/CC1CCCCN1C(=O)OC(C)(C)C. The Hall–Kier alpha value is -1.52. The van der Waals surface area contributed by atoms with E-state index in [-0.39, 0.29) is 18.1 Å². The predicted octanol–water partition coefficient (Wildman–Crippen LogP) is 2.90. The van der Waals surface area contributed by atoms with Gasteiger partial charge in [0, 0.05) is 18.7 Å². The highest BCUT2D eigenvalue weighted by Gasteiger charge is 2.29. The summed E-state index contributed by atoms with van der Waals surface area (Å²) in [6.07, 6.45) is 6.57. The number of hydrogen-bond donors (Lipinski definition) is 0. The van der Waals surface area contributed by atoms with Crippen LogP contribution in [0.2, 0.25) is 0 Å². The van der Waals surface area contributed by atoms with Gasteiger partial charge in [0.15, 0.2) is 0 Å². The van der Waals surface area contributed by atoms with E-state index < -0.39 is 5.60 Å². The van der Waals surface area contributed by atoms with E-state index in [2.05, 4.69) is 4.74 Å². The van der Waals surface area contributed by atoms with Gasteiger partial charge in [-0.25, -0.2) is 9.59 Å². The maximum atomic E-state index is 12.2. The summed E-state index contributed by atoms with van der Waals surface area (Å²) < 4.78 is 9.98. The predicted molar refractivity (Wildman–Crippen MR) is 76.4 cm³/mol. The summed E-state index contributed by atoms with van der Waals surface area (Å²) in [5.41, 5.74) is -0.485. The number of likely N-dealkylation sites (tertiary alicyclic amines) is 1. The number of carbonyl (C=O) groups excluding carboxylic acids is 2. The van der Waals surface area contributed by atoms with E-state index in [1.54, 1.807) is 11.0 Å². The second-order valence-electron chi connectivity index (χ2n) is 5.98. The average Bonchev–Trinajstić information content (AvgIpc) is 2.37. The lowest BCUT2D eigenvalue weighted by atomic mass is 9.99. The number of ether oxygens (including phenoxy) is 2. The van der Waals surface area contributed by atoms with Crippen LogP contribution in [0, 0.1) is 0 Å². The van der Waals surface area contributed by atoms with Crippen LogP contribution in [0.5, 0.6) is 0 Å². The number of hydrogen-bond acceptors (Lipinski definition) is 4. The molecule has 0 aromatic heterocycles. The maximum Gasteiger partial charge on any atom is 0.410 e. The third kappa shape index (κ3) is 5.63. The zero-order valence-electron chi connectivity index (χ0n) is 12.8. The Balaban J connectivity index is 2.60. The van der Waals surface area contributed by atoms with Crippen molar-refractivity contribution in [3.05, 3.63) is 12.2 Å². The quantitative estimate of drug-likeness (QED) is 0.590. The Morgan fingerprint density at radius 3 is 2.60 bits per heavy atom. The van der Waals surface area contributed by atoms with Crippen molar-refractivity contribution in [1.82, 2.24) is 4.90 Å². The fourth-order valence-electron chi connectivity index (χ4n) is 2.20. The lowest BCUT2D eigenvalue weighted by Crippen LogP contribution is -2.45. The van der Waals surface area contributed by atoms with E-state index in [9.17, 15) is 9.59 Å². The molecule has 114 valence electrons. The first-order valence-electron chi connectivity index (χ1n) is 7.07. The molecule has 1 fully saturated rings. The molecule has 1 heterocycles. The van der Waals surface area contributed by atoms with Crippen molar-refractivity contribution in [2.24, 2.45) is 0 Å². The smallest absolute Gasteiger partial charge is 0.410 e. The number of piperidine rings is 1. The van der Waals surface area contributed by atoms with Crippen molar-refractivity contribution in [2.75, 3.05) is 13.7 Å². The second kappa shape index (κ2) is 7.31. The number of amides is 1. The van der Waals surface area contributed by atoms with Crippen LogP contribution in [0.25, 0.3) is 0 Å². The number of carbonyl (C=O) groups is 2. The summed E-state index contributed by atoms with van der Waals surface area (Å²) >= 11 is 0. The molecule has 0 aliphatic carbocycles. The fourth-order valence-corrected chi connectivity index (χ4v) is 2.20. The highest BCUT2D eigenvalue weighted by atomic mass is 16.6. The molecule has 1 saturated heterocycles. The van der Waals surface area contributed by atoms with Crippen molar-refractivity contribution in [1.29, 1.82) is 0 Å². The van der Waals surface area contributed by atoms with Crippen LogP contribution < -0.4 is 0 Å². The summed E-state index contributed by atoms with van der Waals surface area (Å²) in [6, 6.07) is 0.0968. The second-order valence-corrected chi connectivity index (χ2v) is 5.98. The standard InChI is InChI=1S/C15H25NO4/c1-15(2,3)20-14(18)16-11-6-5-8-12(16)9-7-10-13(17)19-4/h7,10,12H,5-6,8-9,11H2,1-4H3/b10-7+. The third-order valence-electron chi connectivity index (χ3n) is 3.12. The zero-order valence-corrected chi connectivity index (χ0v) is 12.8. The molecule has 1 amide bonds. The molecule has 20 heavy (non-hydrogen) atoms. The van der Waals surface area contributed by atoms with Gasteiger partial charge in [-0.05, 0) is 46.5 Å². The van der Waals surface area contributed by atoms with Gasteiger partial charge in [0.2, 0.25) is 0 Å². The molecule has 5 heteroatoms. The summed E-state index contributed by atoms with van der Waals surface area (Å²) in [7, 11) is 1.35. The van der Waals surface area contributed by atoms with Crippen molar-refractivity contribution >= 4 is 12.1 Å². The first kappa shape index (κ1) is 16.5. The topological polar surface area (TPSA) is 55.8 Å². The lowest BCUT2D eigenvalue weighted by molar-refractivity contribution is -0.134. The van der Waals surface area contributed by atoms with E-state index in [0.29, 0.717) is 13.0 Å². The van der Waals surface area contributed by atoms with E-state index in [1.165, 1.54) is 13.2 Å². The summed E-state index contributed by atoms with van der Waals surface area (Å²) in [4.78, 5) is 25.0. The van der Waals surface area contributed by atoms with Gasteiger partial charge in [0.05, 0.1) is 7.11 Å². The first-order chi connectivity index (χ1) is 9.33. The molecule has 1 unspecified atom stereocenters. The molecule has 0 aromatic carbocycles. The van der Waals surface area contributed by atoms with E-state index in [1.807, 2.05) is 20.8 Å². The number of nitrogens with zero attached hydrogens (tertiary/aromatic N) is 1. The van der Waals surface area contributed by atoms with Gasteiger partial charge in [-0.15, -0.1) is 0 Å². The van der Waals surface area contributed by atoms with Gasteiger partial charge in [0.1, 0.15) is 5.60 Å². The van der Waals surface area contributed by atoms with Gasteiger partial charge < -0.3 is 14.4 Å². The van der Waals surface area contributed by atoms with Gasteiger partial charge in [0.25, 0.3) is 0 Å². The molecule has 1 aliphatic rings. The molecule has 1 atom stereocenters. The van der Waals surface area contributed by atoms with Crippen LogP contribution in [0.15, 0.2) is 12.2 Å². The summed E-state index contributed by atoms with van der Waals surface area (Å²) in [6.45, 7) is 6.30. The Kier molecular flexibility index (Phi) is 6.05.